The Balaban J connectivity index is 1.31. The monoisotopic (exact) mass is 347 g/mol. The van der Waals surface area contributed by atoms with Crippen LogP contribution in [0.3, 0.4) is 0 Å². The topological polar surface area (TPSA) is 41.5 Å². The minimum atomic E-state index is -0.532. The maximum Gasteiger partial charge on any atom is 0.120 e. The fraction of sp³-hybridized carbons (Fsp3) is 0.304. The van der Waals surface area contributed by atoms with E-state index in [-0.39, 0.29) is 0 Å². The van der Waals surface area contributed by atoms with Crippen LogP contribution in [0, 0.1) is 0 Å². The number of hydrogen-bond donors (Lipinski definition) is 2. The second-order valence-electron chi connectivity index (χ2n) is 7.03. The molecule has 2 N–H and O–H groups in total. The molecular formula is C23H25NO2. The first-order chi connectivity index (χ1) is 12.8. The molecular weight excluding hydrogens is 322 g/mol. The number of ether oxygens (including phenoxy) is 1. The summed E-state index contributed by atoms with van der Waals surface area (Å²) in [4.78, 5) is 0. The van der Waals surface area contributed by atoms with Crippen LogP contribution in [0.4, 0.5) is 0 Å². The van der Waals surface area contributed by atoms with E-state index in [1.165, 1.54) is 22.9 Å². The maximum atomic E-state index is 10.3. The Hall–Kier alpha value is -2.36. The molecule has 0 heterocycles. The van der Waals surface area contributed by atoms with Crippen LogP contribution in [0.2, 0.25) is 0 Å². The molecule has 4 rings (SSSR count). The van der Waals surface area contributed by atoms with E-state index >= 15 is 0 Å². The van der Waals surface area contributed by atoms with Gasteiger partial charge < -0.3 is 15.2 Å². The SMILES string of the molecule is O[C@@H](CN[C@H]1CCCc2ccccc21)COc1ccc2ccccc2c1. The zero-order chi connectivity index (χ0) is 17.8. The molecule has 3 aromatic rings. The predicted octanol–water partition coefficient (Wildman–Crippen LogP) is 4.25. The van der Waals surface area contributed by atoms with Gasteiger partial charge in [-0.3, -0.25) is 0 Å². The summed E-state index contributed by atoms with van der Waals surface area (Å²) in [6, 6.07) is 23.2. The number of benzene rings is 3. The van der Waals surface area contributed by atoms with E-state index < -0.39 is 6.10 Å². The Bertz CT molecular complexity index is 877. The number of fused-ring (bicyclic) bond motifs is 2. The Labute approximate surface area is 154 Å². The van der Waals surface area contributed by atoms with Crippen LogP contribution in [0.1, 0.15) is 30.0 Å². The van der Waals surface area contributed by atoms with Gasteiger partial charge in [0.2, 0.25) is 0 Å². The van der Waals surface area contributed by atoms with E-state index in [1.807, 2.05) is 30.3 Å². The number of aliphatic hydroxyl groups is 1. The molecule has 0 unspecified atom stereocenters. The number of aryl methyl sites for hydroxylation is 1. The van der Waals surface area contributed by atoms with Crippen LogP contribution in [0.25, 0.3) is 10.8 Å². The molecule has 134 valence electrons. The summed E-state index contributed by atoms with van der Waals surface area (Å²) in [5.41, 5.74) is 2.81. The molecule has 0 amide bonds. The largest absolute Gasteiger partial charge is 0.491 e. The summed E-state index contributed by atoms with van der Waals surface area (Å²) < 4.78 is 5.80. The Morgan fingerprint density at radius 1 is 1.00 bits per heavy atom. The molecule has 3 nitrogen and oxygen atoms in total. The van der Waals surface area contributed by atoms with E-state index in [0.717, 1.165) is 24.0 Å². The highest BCUT2D eigenvalue weighted by Gasteiger charge is 2.20. The second kappa shape index (κ2) is 7.90. The highest BCUT2D eigenvalue weighted by atomic mass is 16.5. The highest BCUT2D eigenvalue weighted by molar-refractivity contribution is 5.83. The molecule has 0 bridgehead atoms. The first-order valence-corrected chi connectivity index (χ1v) is 9.40. The van der Waals surface area contributed by atoms with E-state index in [9.17, 15) is 5.11 Å². The van der Waals surface area contributed by atoms with Gasteiger partial charge >= 0.3 is 0 Å². The van der Waals surface area contributed by atoms with Gasteiger partial charge in [-0.05, 0) is 53.3 Å². The molecule has 0 aliphatic heterocycles. The van der Waals surface area contributed by atoms with Crippen molar-refractivity contribution >= 4 is 10.8 Å². The molecule has 0 aromatic heterocycles. The Kier molecular flexibility index (Phi) is 5.19. The van der Waals surface area contributed by atoms with Crippen LogP contribution in [-0.4, -0.2) is 24.4 Å². The van der Waals surface area contributed by atoms with E-state index in [1.54, 1.807) is 0 Å². The van der Waals surface area contributed by atoms with Crippen LogP contribution >= 0.6 is 0 Å². The minimum absolute atomic E-state index is 0.291. The molecule has 0 saturated carbocycles. The maximum absolute atomic E-state index is 10.3. The van der Waals surface area contributed by atoms with Crippen molar-refractivity contribution in [2.75, 3.05) is 13.2 Å². The van der Waals surface area contributed by atoms with Crippen molar-refractivity contribution in [2.24, 2.45) is 0 Å². The normalized spacial score (nSPS) is 17.7. The van der Waals surface area contributed by atoms with Gasteiger partial charge in [-0.25, -0.2) is 0 Å². The number of hydrogen-bond acceptors (Lipinski definition) is 3. The van der Waals surface area contributed by atoms with Crippen molar-refractivity contribution in [3.05, 3.63) is 77.9 Å². The molecule has 1 aliphatic rings. The van der Waals surface area contributed by atoms with Crippen molar-refractivity contribution < 1.29 is 9.84 Å². The van der Waals surface area contributed by atoms with Gasteiger partial charge in [-0.15, -0.1) is 0 Å². The zero-order valence-corrected chi connectivity index (χ0v) is 14.9. The van der Waals surface area contributed by atoms with E-state index in [2.05, 4.69) is 41.7 Å². The lowest BCUT2D eigenvalue weighted by atomic mass is 9.88. The second-order valence-corrected chi connectivity index (χ2v) is 7.03. The number of nitrogens with one attached hydrogen (secondary N) is 1. The van der Waals surface area contributed by atoms with Gasteiger partial charge in [0.25, 0.3) is 0 Å². The zero-order valence-electron chi connectivity index (χ0n) is 14.9. The average molecular weight is 347 g/mol. The van der Waals surface area contributed by atoms with Crippen molar-refractivity contribution in [1.82, 2.24) is 5.32 Å². The third kappa shape index (κ3) is 3.90. The predicted molar refractivity (Wildman–Crippen MR) is 106 cm³/mol. The van der Waals surface area contributed by atoms with Crippen LogP contribution in [0.5, 0.6) is 5.75 Å². The number of rotatable bonds is 6. The molecule has 0 fully saturated rings. The van der Waals surface area contributed by atoms with Crippen LogP contribution in [-0.2, 0) is 6.42 Å². The van der Waals surface area contributed by atoms with Crippen molar-refractivity contribution in [3.63, 3.8) is 0 Å². The number of aliphatic hydroxyl groups excluding tert-OH is 1. The fourth-order valence-corrected chi connectivity index (χ4v) is 3.75. The van der Waals surface area contributed by atoms with Crippen molar-refractivity contribution in [2.45, 2.75) is 31.4 Å². The lowest BCUT2D eigenvalue weighted by Crippen LogP contribution is -2.35. The average Bonchev–Trinajstić information content (AvgIpc) is 2.70. The molecule has 0 radical (unpaired) electrons. The Morgan fingerprint density at radius 2 is 1.81 bits per heavy atom. The van der Waals surface area contributed by atoms with Gasteiger partial charge in [0.15, 0.2) is 0 Å². The molecule has 2 atom stereocenters. The van der Waals surface area contributed by atoms with E-state index in [0.29, 0.717) is 19.2 Å². The molecule has 3 heteroatoms. The van der Waals surface area contributed by atoms with E-state index in [4.69, 9.17) is 4.74 Å². The molecule has 0 saturated heterocycles. The van der Waals surface area contributed by atoms with Crippen LogP contribution in [0.15, 0.2) is 66.7 Å². The van der Waals surface area contributed by atoms with Gasteiger partial charge in [-0.2, -0.15) is 0 Å². The summed E-state index contributed by atoms with van der Waals surface area (Å²) in [5.74, 6) is 0.797. The smallest absolute Gasteiger partial charge is 0.120 e. The quantitative estimate of drug-likeness (QED) is 0.700. The van der Waals surface area contributed by atoms with Crippen molar-refractivity contribution in [3.8, 4) is 5.75 Å². The molecule has 3 aromatic carbocycles. The minimum Gasteiger partial charge on any atom is -0.491 e. The van der Waals surface area contributed by atoms with Crippen LogP contribution < -0.4 is 10.1 Å². The Morgan fingerprint density at radius 3 is 2.73 bits per heavy atom. The summed E-state index contributed by atoms with van der Waals surface area (Å²) >= 11 is 0. The molecule has 0 spiro atoms. The summed E-state index contributed by atoms with van der Waals surface area (Å²) in [7, 11) is 0. The molecule has 1 aliphatic carbocycles. The third-order valence-electron chi connectivity index (χ3n) is 5.13. The fourth-order valence-electron chi connectivity index (χ4n) is 3.75. The van der Waals surface area contributed by atoms with Crippen molar-refractivity contribution in [1.29, 1.82) is 0 Å². The lowest BCUT2D eigenvalue weighted by molar-refractivity contribution is 0.103. The molecule has 26 heavy (non-hydrogen) atoms. The summed E-state index contributed by atoms with van der Waals surface area (Å²) in [6.07, 6.45) is 2.94. The highest BCUT2D eigenvalue weighted by Crippen LogP contribution is 2.29. The summed E-state index contributed by atoms with van der Waals surface area (Å²) in [6.45, 7) is 0.826. The van der Waals surface area contributed by atoms with Gasteiger partial charge in [0.1, 0.15) is 18.5 Å². The standard InChI is InChI=1S/C23H25NO2/c25-20(15-24-23-11-5-9-18-7-3-4-10-22(18)23)16-26-21-13-12-17-6-1-2-8-19(17)14-21/h1-4,6-8,10,12-14,20,23-25H,5,9,11,15-16H2/t20-,23-/m0/s1. The lowest BCUT2D eigenvalue weighted by Gasteiger charge is -2.27. The third-order valence-corrected chi connectivity index (χ3v) is 5.13. The first kappa shape index (κ1) is 17.1. The first-order valence-electron chi connectivity index (χ1n) is 9.40. The van der Waals surface area contributed by atoms with Gasteiger partial charge in [0, 0.05) is 12.6 Å². The summed E-state index contributed by atoms with van der Waals surface area (Å²) in [5, 5.41) is 16.2. The van der Waals surface area contributed by atoms with Gasteiger partial charge in [-0.1, -0.05) is 54.6 Å². The van der Waals surface area contributed by atoms with Gasteiger partial charge in [0.05, 0.1) is 0 Å².